The lowest BCUT2D eigenvalue weighted by molar-refractivity contribution is 0.0990. The van der Waals surface area contributed by atoms with Crippen molar-refractivity contribution in [1.82, 2.24) is 14.3 Å². The molecular formula is C26H26ClN7O5S2. The summed E-state index contributed by atoms with van der Waals surface area (Å²) in [6.45, 7) is 1.34. The molecule has 214 valence electrons. The van der Waals surface area contributed by atoms with Crippen LogP contribution in [0.4, 0.5) is 17.3 Å². The molecule has 0 unspecified atom stereocenters. The topological polar surface area (TPSA) is 148 Å². The molecule has 3 heterocycles. The summed E-state index contributed by atoms with van der Waals surface area (Å²) in [4.78, 5) is 25.3. The third-order valence-electron chi connectivity index (χ3n) is 7.12. The van der Waals surface area contributed by atoms with Crippen molar-refractivity contribution in [2.45, 2.75) is 11.3 Å². The maximum Gasteiger partial charge on any atom is 0.260 e. The minimum atomic E-state index is -3.82. The number of sulfonamides is 2. The highest BCUT2D eigenvalue weighted by molar-refractivity contribution is 7.92. The van der Waals surface area contributed by atoms with Crippen LogP contribution in [0.5, 0.6) is 0 Å². The maximum absolute atomic E-state index is 13.5. The molecule has 3 aromatic rings. The van der Waals surface area contributed by atoms with Crippen molar-refractivity contribution in [2.24, 2.45) is 0 Å². The number of carbonyl (C=O) groups is 1. The van der Waals surface area contributed by atoms with Gasteiger partial charge in [-0.1, -0.05) is 23.7 Å². The molecule has 5 rings (SSSR count). The van der Waals surface area contributed by atoms with Gasteiger partial charge in [-0.3, -0.25) is 9.10 Å². The number of para-hydroxylation sites is 1. The van der Waals surface area contributed by atoms with Crippen molar-refractivity contribution < 1.29 is 21.6 Å². The number of carbonyl (C=O) groups excluding carboxylic acids is 1. The third kappa shape index (κ3) is 5.58. The Kier molecular flexibility index (Phi) is 7.64. The molecular weight excluding hydrogens is 590 g/mol. The fourth-order valence-electron chi connectivity index (χ4n) is 4.88. The molecule has 0 N–H and O–H groups in total. The highest BCUT2D eigenvalue weighted by Crippen LogP contribution is 2.34. The first-order chi connectivity index (χ1) is 19.4. The molecule has 0 saturated carbocycles. The first-order valence-corrected chi connectivity index (χ1v) is 16.2. The van der Waals surface area contributed by atoms with Crippen molar-refractivity contribution >= 4 is 54.9 Å². The fraction of sp³-hybridized carbons (Fsp3) is 0.308. The standard InChI is InChI=1S/C26H26ClN7O5S2/c1-31(40(2,36)37)23-6-4-3-5-21(23)25(35)34-10-9-18-15-20(7-8-22(18)34)41(38,39)33-13-11-32(12-14-33)26-29-19(17-28)16-24(27)30-26/h3-8,15-16H,9-14H2,1-2H3. The second-order valence-electron chi connectivity index (χ2n) is 9.62. The molecule has 1 saturated heterocycles. The summed E-state index contributed by atoms with van der Waals surface area (Å²) in [6.07, 6.45) is 1.52. The molecule has 0 atom stereocenters. The van der Waals surface area contributed by atoms with Gasteiger partial charge in [-0.15, -0.1) is 0 Å². The van der Waals surface area contributed by atoms with Crippen LogP contribution in [-0.4, -0.2) is 83.0 Å². The van der Waals surface area contributed by atoms with Crippen molar-refractivity contribution in [3.63, 3.8) is 0 Å². The molecule has 2 aliphatic heterocycles. The quantitative estimate of drug-likeness (QED) is 0.380. The number of halogens is 1. The van der Waals surface area contributed by atoms with Gasteiger partial charge in [0, 0.05) is 51.5 Å². The van der Waals surface area contributed by atoms with Crippen LogP contribution in [-0.2, 0) is 26.5 Å². The van der Waals surface area contributed by atoms with E-state index >= 15 is 0 Å². The number of aromatic nitrogens is 2. The second kappa shape index (κ2) is 10.9. The molecule has 2 aromatic carbocycles. The van der Waals surface area contributed by atoms with Crippen LogP contribution >= 0.6 is 11.6 Å². The van der Waals surface area contributed by atoms with Gasteiger partial charge in [-0.05, 0) is 42.3 Å². The Labute approximate surface area is 243 Å². The molecule has 41 heavy (non-hydrogen) atoms. The second-order valence-corrected chi connectivity index (χ2v) is 14.0. The summed E-state index contributed by atoms with van der Waals surface area (Å²) in [5.74, 6) is -0.0953. The minimum Gasteiger partial charge on any atom is -0.338 e. The van der Waals surface area contributed by atoms with Gasteiger partial charge in [-0.2, -0.15) is 9.57 Å². The van der Waals surface area contributed by atoms with Crippen LogP contribution in [0.3, 0.4) is 0 Å². The number of amides is 1. The Bertz CT molecular complexity index is 1790. The van der Waals surface area contributed by atoms with Crippen LogP contribution in [0, 0.1) is 11.3 Å². The Balaban J connectivity index is 1.34. The minimum absolute atomic E-state index is 0.127. The Hall–Kier alpha value is -3.77. The van der Waals surface area contributed by atoms with E-state index in [1.54, 1.807) is 46.2 Å². The van der Waals surface area contributed by atoms with Gasteiger partial charge in [0.15, 0.2) is 0 Å². The summed E-state index contributed by atoms with van der Waals surface area (Å²) in [7, 11) is -6.02. The Morgan fingerprint density at radius 2 is 1.71 bits per heavy atom. The summed E-state index contributed by atoms with van der Waals surface area (Å²) in [6, 6.07) is 14.5. The molecule has 0 bridgehead atoms. The molecule has 1 fully saturated rings. The fourth-order valence-corrected chi connectivity index (χ4v) is 7.05. The van der Waals surface area contributed by atoms with E-state index in [2.05, 4.69) is 9.97 Å². The van der Waals surface area contributed by atoms with Gasteiger partial charge in [0.05, 0.1) is 22.4 Å². The maximum atomic E-state index is 13.5. The zero-order valence-electron chi connectivity index (χ0n) is 22.2. The van der Waals surface area contributed by atoms with E-state index in [1.807, 2.05) is 6.07 Å². The van der Waals surface area contributed by atoms with Crippen LogP contribution in [0.1, 0.15) is 21.6 Å². The number of benzene rings is 2. The van der Waals surface area contributed by atoms with E-state index in [9.17, 15) is 21.6 Å². The smallest absolute Gasteiger partial charge is 0.260 e. The zero-order valence-corrected chi connectivity index (χ0v) is 24.6. The first-order valence-electron chi connectivity index (χ1n) is 12.6. The van der Waals surface area contributed by atoms with E-state index in [-0.39, 0.29) is 51.9 Å². The van der Waals surface area contributed by atoms with Gasteiger partial charge in [-0.25, -0.2) is 26.8 Å². The SMILES string of the molecule is CN(c1ccccc1C(=O)N1CCc2cc(S(=O)(=O)N3CCN(c4nc(Cl)cc(C#N)n4)CC3)ccc21)S(C)(=O)=O. The molecule has 12 nitrogen and oxygen atoms in total. The van der Waals surface area contributed by atoms with Crippen molar-refractivity contribution in [1.29, 1.82) is 5.26 Å². The number of nitrogens with zero attached hydrogens (tertiary/aromatic N) is 7. The molecule has 15 heteroatoms. The van der Waals surface area contributed by atoms with E-state index in [0.29, 0.717) is 37.3 Å². The number of piperazine rings is 1. The largest absolute Gasteiger partial charge is 0.338 e. The van der Waals surface area contributed by atoms with E-state index < -0.39 is 20.0 Å². The van der Waals surface area contributed by atoms with E-state index in [0.717, 1.165) is 10.6 Å². The van der Waals surface area contributed by atoms with Gasteiger partial charge in [0.1, 0.15) is 16.9 Å². The monoisotopic (exact) mass is 615 g/mol. The van der Waals surface area contributed by atoms with Gasteiger partial charge < -0.3 is 9.80 Å². The number of nitriles is 1. The summed E-state index contributed by atoms with van der Waals surface area (Å²) in [5, 5.41) is 9.28. The number of hydrogen-bond donors (Lipinski definition) is 0. The number of rotatable bonds is 6. The molecule has 0 aliphatic carbocycles. The number of hydrogen-bond acceptors (Lipinski definition) is 9. The summed E-state index contributed by atoms with van der Waals surface area (Å²) >= 11 is 5.99. The van der Waals surface area contributed by atoms with Crippen molar-refractivity contribution in [2.75, 3.05) is 60.1 Å². The van der Waals surface area contributed by atoms with Crippen LogP contribution in [0.25, 0.3) is 0 Å². The number of fused-ring (bicyclic) bond motifs is 1. The lowest BCUT2D eigenvalue weighted by Crippen LogP contribution is -2.49. The highest BCUT2D eigenvalue weighted by atomic mass is 35.5. The van der Waals surface area contributed by atoms with Crippen LogP contribution in [0.15, 0.2) is 53.4 Å². The molecule has 2 aliphatic rings. The average Bonchev–Trinajstić information content (AvgIpc) is 3.39. The van der Waals surface area contributed by atoms with E-state index in [1.165, 1.54) is 23.5 Å². The predicted octanol–water partition coefficient (Wildman–Crippen LogP) is 2.11. The Morgan fingerprint density at radius 1 is 1.00 bits per heavy atom. The molecule has 1 aromatic heterocycles. The average molecular weight is 616 g/mol. The lowest BCUT2D eigenvalue weighted by atomic mass is 10.1. The summed E-state index contributed by atoms with van der Waals surface area (Å²) < 4.78 is 53.7. The van der Waals surface area contributed by atoms with Gasteiger partial charge >= 0.3 is 0 Å². The van der Waals surface area contributed by atoms with E-state index in [4.69, 9.17) is 16.9 Å². The highest BCUT2D eigenvalue weighted by Gasteiger charge is 2.33. The molecule has 0 radical (unpaired) electrons. The first kappa shape index (κ1) is 28.7. The van der Waals surface area contributed by atoms with Crippen LogP contribution in [0.2, 0.25) is 5.15 Å². The van der Waals surface area contributed by atoms with Crippen LogP contribution < -0.4 is 14.1 Å². The van der Waals surface area contributed by atoms with Crippen molar-refractivity contribution in [3.8, 4) is 6.07 Å². The third-order valence-corrected chi connectivity index (χ3v) is 10.4. The summed E-state index contributed by atoms with van der Waals surface area (Å²) in [5.41, 5.74) is 1.92. The number of anilines is 3. The predicted molar refractivity (Wildman–Crippen MR) is 154 cm³/mol. The normalized spacial score (nSPS) is 15.9. The molecule has 0 spiro atoms. The van der Waals surface area contributed by atoms with Gasteiger partial charge in [0.25, 0.3) is 5.91 Å². The lowest BCUT2D eigenvalue weighted by Gasteiger charge is -2.34. The Morgan fingerprint density at radius 3 is 2.39 bits per heavy atom. The molecule has 1 amide bonds. The zero-order chi connectivity index (χ0) is 29.5. The van der Waals surface area contributed by atoms with Gasteiger partial charge in [0.2, 0.25) is 26.0 Å². The van der Waals surface area contributed by atoms with Crippen molar-refractivity contribution in [3.05, 3.63) is 70.5 Å².